The second kappa shape index (κ2) is 5.19. The Morgan fingerprint density at radius 1 is 1.17 bits per heavy atom. The molecule has 94 valence electrons. The Bertz CT molecular complexity index is 537. The SMILES string of the molecule is Cc1ccc(C(N)Cc2ccc(O)cc2)cc1F. The summed E-state index contributed by atoms with van der Waals surface area (Å²) in [6.45, 7) is 1.73. The van der Waals surface area contributed by atoms with Gasteiger partial charge in [0.25, 0.3) is 0 Å². The van der Waals surface area contributed by atoms with Crippen LogP contribution in [-0.4, -0.2) is 5.11 Å². The molecule has 0 amide bonds. The highest BCUT2D eigenvalue weighted by molar-refractivity contribution is 5.30. The Labute approximate surface area is 106 Å². The van der Waals surface area contributed by atoms with E-state index < -0.39 is 0 Å². The molecule has 2 nitrogen and oxygen atoms in total. The van der Waals surface area contributed by atoms with Crippen molar-refractivity contribution >= 4 is 0 Å². The summed E-state index contributed by atoms with van der Waals surface area (Å²) in [7, 11) is 0. The molecule has 0 radical (unpaired) electrons. The van der Waals surface area contributed by atoms with Gasteiger partial charge in [0.15, 0.2) is 0 Å². The first-order chi connectivity index (χ1) is 8.56. The molecule has 3 heteroatoms. The maximum atomic E-state index is 13.4. The Kier molecular flexibility index (Phi) is 3.63. The quantitative estimate of drug-likeness (QED) is 0.872. The summed E-state index contributed by atoms with van der Waals surface area (Å²) in [5.74, 6) is 0.00218. The van der Waals surface area contributed by atoms with E-state index in [1.54, 1.807) is 25.1 Å². The van der Waals surface area contributed by atoms with E-state index in [2.05, 4.69) is 0 Å². The first-order valence-electron chi connectivity index (χ1n) is 5.86. The minimum absolute atomic E-state index is 0.228. The van der Waals surface area contributed by atoms with Gasteiger partial charge in [-0.2, -0.15) is 0 Å². The van der Waals surface area contributed by atoms with Gasteiger partial charge in [0, 0.05) is 6.04 Å². The Morgan fingerprint density at radius 2 is 1.83 bits per heavy atom. The largest absolute Gasteiger partial charge is 0.508 e. The van der Waals surface area contributed by atoms with E-state index >= 15 is 0 Å². The van der Waals surface area contributed by atoms with Crippen LogP contribution in [0.15, 0.2) is 42.5 Å². The van der Waals surface area contributed by atoms with Crippen molar-refractivity contribution in [1.82, 2.24) is 0 Å². The molecule has 0 aliphatic rings. The van der Waals surface area contributed by atoms with Gasteiger partial charge in [-0.05, 0) is 48.2 Å². The third-order valence-electron chi connectivity index (χ3n) is 3.02. The lowest BCUT2D eigenvalue weighted by Crippen LogP contribution is -2.13. The van der Waals surface area contributed by atoms with E-state index in [0.717, 1.165) is 11.1 Å². The number of aromatic hydroxyl groups is 1. The molecule has 0 heterocycles. The number of rotatable bonds is 3. The summed E-state index contributed by atoms with van der Waals surface area (Å²) >= 11 is 0. The number of phenols is 1. The van der Waals surface area contributed by atoms with Crippen LogP contribution < -0.4 is 5.73 Å². The topological polar surface area (TPSA) is 46.2 Å². The fraction of sp³-hybridized carbons (Fsp3) is 0.200. The number of nitrogens with two attached hydrogens (primary N) is 1. The van der Waals surface area contributed by atoms with E-state index in [1.165, 1.54) is 6.07 Å². The first-order valence-corrected chi connectivity index (χ1v) is 5.86. The van der Waals surface area contributed by atoms with Crippen LogP contribution in [0.2, 0.25) is 0 Å². The normalized spacial score (nSPS) is 12.4. The standard InChI is InChI=1S/C15H16FNO/c1-10-2-5-12(9-14(10)16)15(17)8-11-3-6-13(18)7-4-11/h2-7,9,15,18H,8,17H2,1H3. The number of halogens is 1. The zero-order chi connectivity index (χ0) is 13.1. The van der Waals surface area contributed by atoms with E-state index in [9.17, 15) is 9.50 Å². The van der Waals surface area contributed by atoms with Crippen LogP contribution in [0, 0.1) is 12.7 Å². The fourth-order valence-corrected chi connectivity index (χ4v) is 1.84. The van der Waals surface area contributed by atoms with Crippen LogP contribution in [0.25, 0.3) is 0 Å². The van der Waals surface area contributed by atoms with Gasteiger partial charge >= 0.3 is 0 Å². The van der Waals surface area contributed by atoms with Crippen LogP contribution in [0.5, 0.6) is 5.75 Å². The molecule has 3 N–H and O–H groups in total. The van der Waals surface area contributed by atoms with Crippen molar-refractivity contribution in [2.45, 2.75) is 19.4 Å². The molecular weight excluding hydrogens is 229 g/mol. The van der Waals surface area contributed by atoms with Gasteiger partial charge in [-0.15, -0.1) is 0 Å². The highest BCUT2D eigenvalue weighted by atomic mass is 19.1. The third kappa shape index (κ3) is 2.87. The molecule has 2 aromatic rings. The van der Waals surface area contributed by atoms with Gasteiger partial charge < -0.3 is 10.8 Å². The molecule has 2 rings (SSSR count). The van der Waals surface area contributed by atoms with Gasteiger partial charge in [0.05, 0.1) is 0 Å². The molecule has 0 bridgehead atoms. The number of hydrogen-bond acceptors (Lipinski definition) is 2. The number of hydrogen-bond donors (Lipinski definition) is 2. The van der Waals surface area contributed by atoms with Crippen LogP contribution >= 0.6 is 0 Å². The molecule has 0 spiro atoms. The zero-order valence-corrected chi connectivity index (χ0v) is 10.2. The van der Waals surface area contributed by atoms with Crippen molar-refractivity contribution in [2.24, 2.45) is 5.73 Å². The molecular formula is C15H16FNO. The second-order valence-corrected chi connectivity index (χ2v) is 4.49. The molecule has 1 atom stereocenters. The highest BCUT2D eigenvalue weighted by Gasteiger charge is 2.09. The van der Waals surface area contributed by atoms with Crippen molar-refractivity contribution in [3.8, 4) is 5.75 Å². The van der Waals surface area contributed by atoms with Crippen molar-refractivity contribution in [2.75, 3.05) is 0 Å². The molecule has 0 aliphatic carbocycles. The Balaban J connectivity index is 2.13. The van der Waals surface area contributed by atoms with Crippen molar-refractivity contribution in [3.05, 3.63) is 65.0 Å². The smallest absolute Gasteiger partial charge is 0.126 e. The van der Waals surface area contributed by atoms with E-state index in [4.69, 9.17) is 5.73 Å². The lowest BCUT2D eigenvalue weighted by atomic mass is 9.98. The van der Waals surface area contributed by atoms with Crippen LogP contribution in [0.1, 0.15) is 22.7 Å². The predicted molar refractivity (Wildman–Crippen MR) is 69.9 cm³/mol. The fourth-order valence-electron chi connectivity index (χ4n) is 1.84. The van der Waals surface area contributed by atoms with E-state index in [0.29, 0.717) is 12.0 Å². The van der Waals surface area contributed by atoms with Crippen LogP contribution in [0.4, 0.5) is 4.39 Å². The third-order valence-corrected chi connectivity index (χ3v) is 3.02. The first kappa shape index (κ1) is 12.6. The lowest BCUT2D eigenvalue weighted by molar-refractivity contribution is 0.475. The summed E-state index contributed by atoms with van der Waals surface area (Å²) in [4.78, 5) is 0. The van der Waals surface area contributed by atoms with Crippen LogP contribution in [-0.2, 0) is 6.42 Å². The monoisotopic (exact) mass is 245 g/mol. The molecule has 0 aliphatic heterocycles. The average molecular weight is 245 g/mol. The van der Waals surface area contributed by atoms with Crippen LogP contribution in [0.3, 0.4) is 0 Å². The predicted octanol–water partition coefficient (Wildman–Crippen LogP) is 3.08. The van der Waals surface area contributed by atoms with Gasteiger partial charge in [0.1, 0.15) is 11.6 Å². The minimum atomic E-state index is -0.246. The summed E-state index contributed by atoms with van der Waals surface area (Å²) in [5.41, 5.74) is 8.47. The summed E-state index contributed by atoms with van der Waals surface area (Å²) in [6.07, 6.45) is 0.614. The van der Waals surface area contributed by atoms with E-state index in [1.807, 2.05) is 18.2 Å². The van der Waals surface area contributed by atoms with E-state index in [-0.39, 0.29) is 17.6 Å². The van der Waals surface area contributed by atoms with Crippen molar-refractivity contribution in [1.29, 1.82) is 0 Å². The molecule has 0 fully saturated rings. The Hall–Kier alpha value is -1.87. The Morgan fingerprint density at radius 3 is 2.44 bits per heavy atom. The van der Waals surface area contributed by atoms with Gasteiger partial charge in [-0.3, -0.25) is 0 Å². The maximum Gasteiger partial charge on any atom is 0.126 e. The summed E-state index contributed by atoms with van der Waals surface area (Å²) in [5, 5.41) is 9.19. The number of phenolic OH excluding ortho intramolecular Hbond substituents is 1. The second-order valence-electron chi connectivity index (χ2n) is 4.49. The molecule has 0 aromatic heterocycles. The van der Waals surface area contributed by atoms with Gasteiger partial charge in [-0.1, -0.05) is 24.3 Å². The van der Waals surface area contributed by atoms with Crippen molar-refractivity contribution < 1.29 is 9.50 Å². The molecule has 18 heavy (non-hydrogen) atoms. The lowest BCUT2D eigenvalue weighted by Gasteiger charge is -2.13. The minimum Gasteiger partial charge on any atom is -0.508 e. The molecule has 2 aromatic carbocycles. The average Bonchev–Trinajstić information content (AvgIpc) is 2.35. The molecule has 0 saturated carbocycles. The maximum absolute atomic E-state index is 13.4. The molecule has 1 unspecified atom stereocenters. The summed E-state index contributed by atoms with van der Waals surface area (Å²) in [6, 6.07) is 11.7. The number of benzene rings is 2. The van der Waals surface area contributed by atoms with Gasteiger partial charge in [0.2, 0.25) is 0 Å². The summed E-state index contributed by atoms with van der Waals surface area (Å²) < 4.78 is 13.4. The highest BCUT2D eigenvalue weighted by Crippen LogP contribution is 2.20. The zero-order valence-electron chi connectivity index (χ0n) is 10.2. The number of aryl methyl sites for hydroxylation is 1. The van der Waals surface area contributed by atoms with Crippen molar-refractivity contribution in [3.63, 3.8) is 0 Å². The van der Waals surface area contributed by atoms with Gasteiger partial charge in [-0.25, -0.2) is 4.39 Å². The molecule has 0 saturated heterocycles.